The third-order valence-electron chi connectivity index (χ3n) is 2.40. The SMILES string of the molecule is C[C@@H]1CO[C@H](CN)CN1C(=O)OC(C)(C)C. The van der Waals surface area contributed by atoms with Crippen LogP contribution in [0.25, 0.3) is 0 Å². The van der Waals surface area contributed by atoms with E-state index in [1.54, 1.807) is 4.90 Å². The third kappa shape index (κ3) is 3.64. The van der Waals surface area contributed by atoms with Crippen molar-refractivity contribution in [2.45, 2.75) is 45.4 Å². The number of morpholine rings is 1. The number of carbonyl (C=O) groups excluding carboxylic acids is 1. The Morgan fingerprint density at radius 2 is 2.19 bits per heavy atom. The molecule has 16 heavy (non-hydrogen) atoms. The van der Waals surface area contributed by atoms with Gasteiger partial charge in [-0.3, -0.25) is 0 Å². The van der Waals surface area contributed by atoms with E-state index in [0.29, 0.717) is 19.7 Å². The number of nitrogens with two attached hydrogens (primary N) is 1. The highest BCUT2D eigenvalue weighted by Crippen LogP contribution is 2.16. The van der Waals surface area contributed by atoms with E-state index in [2.05, 4.69) is 0 Å². The van der Waals surface area contributed by atoms with Gasteiger partial charge < -0.3 is 20.1 Å². The van der Waals surface area contributed by atoms with E-state index >= 15 is 0 Å². The first-order chi connectivity index (χ1) is 7.33. The Kier molecular flexibility index (Phi) is 4.15. The van der Waals surface area contributed by atoms with Gasteiger partial charge in [0.25, 0.3) is 0 Å². The van der Waals surface area contributed by atoms with E-state index < -0.39 is 5.60 Å². The number of hydrogen-bond donors (Lipinski definition) is 1. The zero-order chi connectivity index (χ0) is 12.3. The van der Waals surface area contributed by atoms with E-state index in [-0.39, 0.29) is 18.2 Å². The lowest BCUT2D eigenvalue weighted by molar-refractivity contribution is -0.0617. The number of amides is 1. The minimum Gasteiger partial charge on any atom is -0.444 e. The second-order valence-corrected chi connectivity index (χ2v) is 5.17. The van der Waals surface area contributed by atoms with Crippen molar-refractivity contribution in [1.82, 2.24) is 4.90 Å². The van der Waals surface area contributed by atoms with Crippen LogP contribution in [0.3, 0.4) is 0 Å². The molecule has 0 saturated carbocycles. The summed E-state index contributed by atoms with van der Waals surface area (Å²) in [6.07, 6.45) is -0.370. The second kappa shape index (κ2) is 5.01. The summed E-state index contributed by atoms with van der Waals surface area (Å²) >= 11 is 0. The molecule has 0 unspecified atom stereocenters. The first-order valence-electron chi connectivity index (χ1n) is 5.65. The Labute approximate surface area is 96.9 Å². The zero-order valence-corrected chi connectivity index (χ0v) is 10.5. The summed E-state index contributed by atoms with van der Waals surface area (Å²) in [5.74, 6) is 0. The van der Waals surface area contributed by atoms with Crippen molar-refractivity contribution in [3.8, 4) is 0 Å². The molecule has 1 amide bonds. The standard InChI is InChI=1S/C11H22N2O3/c1-8-7-15-9(5-12)6-13(8)10(14)16-11(2,3)4/h8-9H,5-7,12H2,1-4H3/t8-,9-/m1/s1. The van der Waals surface area contributed by atoms with Crippen molar-refractivity contribution in [1.29, 1.82) is 0 Å². The smallest absolute Gasteiger partial charge is 0.410 e. The van der Waals surface area contributed by atoms with Crippen molar-refractivity contribution >= 4 is 6.09 Å². The lowest BCUT2D eigenvalue weighted by Crippen LogP contribution is -2.54. The fourth-order valence-electron chi connectivity index (χ4n) is 1.53. The predicted molar refractivity (Wildman–Crippen MR) is 61.2 cm³/mol. The summed E-state index contributed by atoms with van der Waals surface area (Å²) in [5, 5.41) is 0. The average molecular weight is 230 g/mol. The maximum Gasteiger partial charge on any atom is 0.410 e. The topological polar surface area (TPSA) is 64.8 Å². The Balaban J connectivity index is 2.59. The Morgan fingerprint density at radius 3 is 2.69 bits per heavy atom. The Morgan fingerprint density at radius 1 is 1.56 bits per heavy atom. The second-order valence-electron chi connectivity index (χ2n) is 5.17. The van der Waals surface area contributed by atoms with Gasteiger partial charge in [-0.2, -0.15) is 0 Å². The van der Waals surface area contributed by atoms with E-state index in [9.17, 15) is 4.79 Å². The van der Waals surface area contributed by atoms with Gasteiger partial charge in [-0.15, -0.1) is 0 Å². The van der Waals surface area contributed by atoms with Gasteiger partial charge in [0.2, 0.25) is 0 Å². The van der Waals surface area contributed by atoms with Crippen LogP contribution >= 0.6 is 0 Å². The summed E-state index contributed by atoms with van der Waals surface area (Å²) in [5.41, 5.74) is 5.07. The van der Waals surface area contributed by atoms with Crippen LogP contribution in [0.4, 0.5) is 4.79 Å². The molecule has 1 aliphatic rings. The molecule has 0 bridgehead atoms. The molecule has 0 aromatic rings. The number of ether oxygens (including phenoxy) is 2. The highest BCUT2D eigenvalue weighted by atomic mass is 16.6. The molecule has 1 saturated heterocycles. The molecule has 94 valence electrons. The molecule has 1 heterocycles. The van der Waals surface area contributed by atoms with Crippen LogP contribution in [0.15, 0.2) is 0 Å². The molecular weight excluding hydrogens is 208 g/mol. The van der Waals surface area contributed by atoms with Gasteiger partial charge in [0.15, 0.2) is 0 Å². The van der Waals surface area contributed by atoms with E-state index in [0.717, 1.165) is 0 Å². The van der Waals surface area contributed by atoms with E-state index in [1.807, 2.05) is 27.7 Å². The highest BCUT2D eigenvalue weighted by Gasteiger charge is 2.31. The largest absolute Gasteiger partial charge is 0.444 e. The minimum atomic E-state index is -0.465. The van der Waals surface area contributed by atoms with Crippen molar-refractivity contribution in [2.75, 3.05) is 19.7 Å². The monoisotopic (exact) mass is 230 g/mol. The van der Waals surface area contributed by atoms with Crippen molar-refractivity contribution < 1.29 is 14.3 Å². The maximum absolute atomic E-state index is 11.9. The third-order valence-corrected chi connectivity index (χ3v) is 2.40. The molecule has 5 nitrogen and oxygen atoms in total. The van der Waals surface area contributed by atoms with Gasteiger partial charge in [-0.25, -0.2) is 4.79 Å². The van der Waals surface area contributed by atoms with Crippen LogP contribution in [0.5, 0.6) is 0 Å². The molecule has 0 radical (unpaired) electrons. The number of carbonyl (C=O) groups is 1. The van der Waals surface area contributed by atoms with Crippen molar-refractivity contribution in [2.24, 2.45) is 5.73 Å². The molecule has 2 atom stereocenters. The first-order valence-corrected chi connectivity index (χ1v) is 5.65. The molecule has 1 fully saturated rings. The average Bonchev–Trinajstić information content (AvgIpc) is 2.15. The Bertz CT molecular complexity index is 250. The van der Waals surface area contributed by atoms with Crippen molar-refractivity contribution in [3.63, 3.8) is 0 Å². The quantitative estimate of drug-likeness (QED) is 0.729. The predicted octanol–water partition coefficient (Wildman–Crippen LogP) is 0.969. The van der Waals surface area contributed by atoms with Crippen LogP contribution in [0.2, 0.25) is 0 Å². The van der Waals surface area contributed by atoms with Crippen LogP contribution < -0.4 is 5.73 Å². The fourth-order valence-corrected chi connectivity index (χ4v) is 1.53. The molecule has 0 aromatic heterocycles. The number of nitrogens with zero attached hydrogens (tertiary/aromatic N) is 1. The Hall–Kier alpha value is -0.810. The van der Waals surface area contributed by atoms with Crippen LogP contribution in [0.1, 0.15) is 27.7 Å². The van der Waals surface area contributed by atoms with Gasteiger partial charge in [0, 0.05) is 6.54 Å². The molecule has 5 heteroatoms. The zero-order valence-electron chi connectivity index (χ0n) is 10.5. The number of rotatable bonds is 1. The molecular formula is C11H22N2O3. The van der Waals surface area contributed by atoms with Gasteiger partial charge >= 0.3 is 6.09 Å². The lowest BCUT2D eigenvalue weighted by atomic mass is 10.2. The van der Waals surface area contributed by atoms with Crippen LogP contribution in [-0.4, -0.2) is 48.4 Å². The van der Waals surface area contributed by atoms with Crippen LogP contribution in [-0.2, 0) is 9.47 Å². The summed E-state index contributed by atoms with van der Waals surface area (Å²) in [7, 11) is 0. The molecule has 0 spiro atoms. The van der Waals surface area contributed by atoms with E-state index in [4.69, 9.17) is 15.2 Å². The van der Waals surface area contributed by atoms with E-state index in [1.165, 1.54) is 0 Å². The minimum absolute atomic E-state index is 0.0395. The maximum atomic E-state index is 11.9. The van der Waals surface area contributed by atoms with Crippen molar-refractivity contribution in [3.05, 3.63) is 0 Å². The normalized spacial score (nSPS) is 26.7. The van der Waals surface area contributed by atoms with Gasteiger partial charge in [-0.05, 0) is 27.7 Å². The van der Waals surface area contributed by atoms with Gasteiger partial charge in [0.05, 0.1) is 25.3 Å². The first kappa shape index (κ1) is 13.3. The van der Waals surface area contributed by atoms with Gasteiger partial charge in [-0.1, -0.05) is 0 Å². The summed E-state index contributed by atoms with van der Waals surface area (Å²) in [6, 6.07) is 0.0395. The number of hydrogen-bond acceptors (Lipinski definition) is 4. The van der Waals surface area contributed by atoms with Gasteiger partial charge in [0.1, 0.15) is 5.60 Å². The highest BCUT2D eigenvalue weighted by molar-refractivity contribution is 5.68. The summed E-state index contributed by atoms with van der Waals surface area (Å²) in [6.45, 7) is 8.96. The fraction of sp³-hybridized carbons (Fsp3) is 0.909. The van der Waals surface area contributed by atoms with Crippen LogP contribution in [0, 0.1) is 0 Å². The summed E-state index contributed by atoms with van der Waals surface area (Å²) in [4.78, 5) is 13.6. The lowest BCUT2D eigenvalue weighted by Gasteiger charge is -2.38. The molecule has 0 aliphatic carbocycles. The molecule has 2 N–H and O–H groups in total. The molecule has 0 aromatic carbocycles. The molecule has 1 rings (SSSR count). The molecule has 1 aliphatic heterocycles. The summed E-state index contributed by atoms with van der Waals surface area (Å²) < 4.78 is 10.8.